The van der Waals surface area contributed by atoms with Gasteiger partial charge in [-0.25, -0.2) is 0 Å². The molecule has 0 unspecified atom stereocenters. The van der Waals surface area contributed by atoms with Crippen molar-refractivity contribution in [2.24, 2.45) is 5.73 Å². The largest absolute Gasteiger partial charge is 0.366 e. The van der Waals surface area contributed by atoms with E-state index in [1.165, 1.54) is 0 Å². The van der Waals surface area contributed by atoms with Crippen molar-refractivity contribution >= 4 is 5.91 Å². The van der Waals surface area contributed by atoms with Crippen LogP contribution in [0.3, 0.4) is 0 Å². The van der Waals surface area contributed by atoms with Gasteiger partial charge >= 0.3 is 0 Å². The molecular formula is C7H14N2O. The van der Waals surface area contributed by atoms with Gasteiger partial charge in [0.2, 0.25) is 5.91 Å². The van der Waals surface area contributed by atoms with Crippen LogP contribution in [0.5, 0.6) is 0 Å². The van der Waals surface area contributed by atoms with Crippen LogP contribution in [0.15, 0.2) is 11.6 Å². The molecule has 1 amide bonds. The van der Waals surface area contributed by atoms with Gasteiger partial charge in [-0.2, -0.15) is 0 Å². The predicted molar refractivity (Wildman–Crippen MR) is 41.5 cm³/mol. The van der Waals surface area contributed by atoms with E-state index < -0.39 is 0 Å². The SMILES string of the molecule is CCNC/C=C(\C)C(N)=O. The Balaban J connectivity index is 3.58. The Kier molecular flexibility index (Phi) is 4.58. The van der Waals surface area contributed by atoms with Crippen molar-refractivity contribution in [2.75, 3.05) is 13.1 Å². The van der Waals surface area contributed by atoms with E-state index in [4.69, 9.17) is 5.73 Å². The molecule has 0 aliphatic carbocycles. The van der Waals surface area contributed by atoms with Crippen molar-refractivity contribution in [3.63, 3.8) is 0 Å². The third-order valence-electron chi connectivity index (χ3n) is 1.19. The molecular weight excluding hydrogens is 128 g/mol. The van der Waals surface area contributed by atoms with Gasteiger partial charge in [0, 0.05) is 12.1 Å². The fourth-order valence-corrected chi connectivity index (χ4v) is 0.470. The summed E-state index contributed by atoms with van der Waals surface area (Å²) >= 11 is 0. The molecule has 58 valence electrons. The highest BCUT2D eigenvalue weighted by atomic mass is 16.1. The molecule has 3 heteroatoms. The highest BCUT2D eigenvalue weighted by Crippen LogP contribution is 1.86. The van der Waals surface area contributed by atoms with Crippen LogP contribution in [0.4, 0.5) is 0 Å². The van der Waals surface area contributed by atoms with Gasteiger partial charge in [0.1, 0.15) is 0 Å². The normalized spacial score (nSPS) is 11.6. The van der Waals surface area contributed by atoms with E-state index in [-0.39, 0.29) is 5.91 Å². The first-order valence-corrected chi connectivity index (χ1v) is 3.35. The lowest BCUT2D eigenvalue weighted by molar-refractivity contribution is -0.114. The molecule has 0 saturated heterocycles. The topological polar surface area (TPSA) is 55.1 Å². The van der Waals surface area contributed by atoms with Crippen LogP contribution in [0.1, 0.15) is 13.8 Å². The second-order valence-electron chi connectivity index (χ2n) is 2.06. The molecule has 0 aromatic heterocycles. The van der Waals surface area contributed by atoms with Gasteiger partial charge in [0.05, 0.1) is 0 Å². The van der Waals surface area contributed by atoms with E-state index in [1.54, 1.807) is 13.0 Å². The highest BCUT2D eigenvalue weighted by molar-refractivity contribution is 5.91. The standard InChI is InChI=1S/C7H14N2O/c1-3-9-5-4-6(2)7(8)10/h4,9H,3,5H2,1-2H3,(H2,8,10)/b6-4+. The van der Waals surface area contributed by atoms with E-state index in [0.717, 1.165) is 6.54 Å². The van der Waals surface area contributed by atoms with Gasteiger partial charge < -0.3 is 11.1 Å². The molecule has 0 aromatic carbocycles. The maximum atomic E-state index is 10.4. The molecule has 0 aliphatic rings. The van der Waals surface area contributed by atoms with Crippen LogP contribution < -0.4 is 11.1 Å². The minimum Gasteiger partial charge on any atom is -0.366 e. The summed E-state index contributed by atoms with van der Waals surface area (Å²) in [5.74, 6) is -0.349. The molecule has 0 saturated carbocycles. The maximum Gasteiger partial charge on any atom is 0.244 e. The summed E-state index contributed by atoms with van der Waals surface area (Å²) in [6.07, 6.45) is 1.78. The second kappa shape index (κ2) is 4.99. The quantitative estimate of drug-likeness (QED) is 0.429. The molecule has 0 atom stereocenters. The Hall–Kier alpha value is -0.830. The Labute approximate surface area is 61.3 Å². The molecule has 0 radical (unpaired) electrons. The highest BCUT2D eigenvalue weighted by Gasteiger charge is 1.93. The van der Waals surface area contributed by atoms with Gasteiger partial charge in [-0.1, -0.05) is 13.0 Å². The summed E-state index contributed by atoms with van der Waals surface area (Å²) in [7, 11) is 0. The van der Waals surface area contributed by atoms with E-state index in [2.05, 4.69) is 5.32 Å². The van der Waals surface area contributed by atoms with Crippen LogP contribution in [-0.2, 0) is 4.79 Å². The number of hydrogen-bond donors (Lipinski definition) is 2. The minimum atomic E-state index is -0.349. The van der Waals surface area contributed by atoms with Crippen molar-refractivity contribution in [3.05, 3.63) is 11.6 Å². The van der Waals surface area contributed by atoms with Crippen LogP contribution >= 0.6 is 0 Å². The zero-order chi connectivity index (χ0) is 7.98. The van der Waals surface area contributed by atoms with Gasteiger partial charge in [0.25, 0.3) is 0 Å². The third-order valence-corrected chi connectivity index (χ3v) is 1.19. The average molecular weight is 142 g/mol. The third kappa shape index (κ3) is 4.09. The number of nitrogens with one attached hydrogen (secondary N) is 1. The first-order valence-electron chi connectivity index (χ1n) is 3.35. The van der Waals surface area contributed by atoms with Crippen molar-refractivity contribution in [1.82, 2.24) is 5.32 Å². The Morgan fingerprint density at radius 1 is 1.70 bits per heavy atom. The van der Waals surface area contributed by atoms with Gasteiger partial charge in [0.15, 0.2) is 0 Å². The van der Waals surface area contributed by atoms with Crippen molar-refractivity contribution < 1.29 is 4.79 Å². The van der Waals surface area contributed by atoms with Crippen LogP contribution in [-0.4, -0.2) is 19.0 Å². The number of carbonyl (C=O) groups excluding carboxylic acids is 1. The lowest BCUT2D eigenvalue weighted by atomic mass is 10.3. The van der Waals surface area contributed by atoms with Crippen molar-refractivity contribution in [2.45, 2.75) is 13.8 Å². The summed E-state index contributed by atoms with van der Waals surface area (Å²) in [6.45, 7) is 5.33. The number of hydrogen-bond acceptors (Lipinski definition) is 2. The molecule has 0 rings (SSSR count). The van der Waals surface area contributed by atoms with Gasteiger partial charge in [-0.15, -0.1) is 0 Å². The molecule has 3 nitrogen and oxygen atoms in total. The Morgan fingerprint density at radius 3 is 2.70 bits per heavy atom. The number of carbonyl (C=O) groups is 1. The van der Waals surface area contributed by atoms with Gasteiger partial charge in [-0.05, 0) is 13.5 Å². The minimum absolute atomic E-state index is 0.349. The molecule has 0 heterocycles. The zero-order valence-electron chi connectivity index (χ0n) is 6.48. The second-order valence-corrected chi connectivity index (χ2v) is 2.06. The van der Waals surface area contributed by atoms with Crippen molar-refractivity contribution in [1.29, 1.82) is 0 Å². The molecule has 0 aromatic rings. The maximum absolute atomic E-state index is 10.4. The molecule has 10 heavy (non-hydrogen) atoms. The van der Waals surface area contributed by atoms with Crippen LogP contribution in [0, 0.1) is 0 Å². The smallest absolute Gasteiger partial charge is 0.244 e. The predicted octanol–water partition coefficient (Wildman–Crippen LogP) is 0.0275. The molecule has 0 fully saturated rings. The number of amides is 1. The fraction of sp³-hybridized carbons (Fsp3) is 0.571. The zero-order valence-corrected chi connectivity index (χ0v) is 6.48. The summed E-state index contributed by atoms with van der Waals surface area (Å²) in [6, 6.07) is 0. The van der Waals surface area contributed by atoms with Gasteiger partial charge in [-0.3, -0.25) is 4.79 Å². The van der Waals surface area contributed by atoms with E-state index in [1.807, 2.05) is 6.92 Å². The Morgan fingerprint density at radius 2 is 2.30 bits per heavy atom. The van der Waals surface area contributed by atoms with Crippen LogP contribution in [0.2, 0.25) is 0 Å². The fourth-order valence-electron chi connectivity index (χ4n) is 0.470. The number of nitrogens with two attached hydrogens (primary N) is 1. The van der Waals surface area contributed by atoms with Crippen LogP contribution in [0.25, 0.3) is 0 Å². The Bertz CT molecular complexity index is 141. The van der Waals surface area contributed by atoms with E-state index >= 15 is 0 Å². The number of primary amides is 1. The molecule has 3 N–H and O–H groups in total. The van der Waals surface area contributed by atoms with E-state index in [9.17, 15) is 4.79 Å². The first-order chi connectivity index (χ1) is 4.68. The summed E-state index contributed by atoms with van der Waals surface area (Å²) in [5.41, 5.74) is 5.60. The summed E-state index contributed by atoms with van der Waals surface area (Å²) < 4.78 is 0. The lowest BCUT2D eigenvalue weighted by Gasteiger charge is -1.95. The number of likely N-dealkylation sites (N-methyl/N-ethyl adjacent to an activating group) is 1. The monoisotopic (exact) mass is 142 g/mol. The summed E-state index contributed by atoms with van der Waals surface area (Å²) in [5, 5.41) is 3.05. The molecule has 0 aliphatic heterocycles. The first kappa shape index (κ1) is 9.17. The number of rotatable bonds is 4. The average Bonchev–Trinajstić information content (AvgIpc) is 1.88. The molecule has 0 spiro atoms. The van der Waals surface area contributed by atoms with E-state index in [0.29, 0.717) is 12.1 Å². The molecule has 0 bridgehead atoms. The summed E-state index contributed by atoms with van der Waals surface area (Å²) in [4.78, 5) is 10.4. The van der Waals surface area contributed by atoms with Crippen molar-refractivity contribution in [3.8, 4) is 0 Å². The lowest BCUT2D eigenvalue weighted by Crippen LogP contribution is -2.16.